The minimum absolute atomic E-state index is 0.516. The fraction of sp³-hybridized carbons (Fsp3) is 0.333. The summed E-state index contributed by atoms with van der Waals surface area (Å²) in [5, 5.41) is 1.24. The van der Waals surface area contributed by atoms with E-state index in [0.29, 0.717) is 5.37 Å². The third kappa shape index (κ3) is 1.47. The molecule has 0 N–H and O–H groups in total. The first-order chi connectivity index (χ1) is 8.83. The van der Waals surface area contributed by atoms with E-state index >= 15 is 0 Å². The Kier molecular flexibility index (Phi) is 2.32. The van der Waals surface area contributed by atoms with Crippen LogP contribution in [-0.2, 0) is 6.54 Å². The maximum absolute atomic E-state index is 2.60. The smallest absolute Gasteiger partial charge is 0.0976 e. The molecule has 1 aromatic heterocycles. The molecule has 0 radical (unpaired) electrons. The van der Waals surface area contributed by atoms with Gasteiger partial charge >= 0.3 is 0 Å². The van der Waals surface area contributed by atoms with Crippen molar-refractivity contribution in [2.45, 2.75) is 24.1 Å². The van der Waals surface area contributed by atoms with Crippen LogP contribution in [0.25, 0.3) is 5.69 Å². The standard InChI is InChI=1S/C15H16N2S/c1-11-9-16-10-12-5-2-3-6-13(12)17-8-4-7-14(17)15(16)18-11/h2-8,11,15H,9-10H2,1H3. The monoisotopic (exact) mass is 256 g/mol. The fourth-order valence-electron chi connectivity index (χ4n) is 3.09. The van der Waals surface area contributed by atoms with Gasteiger partial charge in [0.05, 0.1) is 11.1 Å². The van der Waals surface area contributed by atoms with E-state index in [-0.39, 0.29) is 0 Å². The number of hydrogen-bond donors (Lipinski definition) is 0. The quantitative estimate of drug-likeness (QED) is 0.713. The molecule has 3 heterocycles. The summed E-state index contributed by atoms with van der Waals surface area (Å²) in [7, 11) is 0. The molecule has 92 valence electrons. The zero-order valence-electron chi connectivity index (χ0n) is 10.4. The van der Waals surface area contributed by atoms with Crippen molar-refractivity contribution in [2.75, 3.05) is 6.54 Å². The average molecular weight is 256 g/mol. The summed E-state index contributed by atoms with van der Waals surface area (Å²) in [6.07, 6.45) is 2.20. The number of rotatable bonds is 0. The number of para-hydroxylation sites is 1. The number of fused-ring (bicyclic) bond motifs is 5. The zero-order valence-corrected chi connectivity index (χ0v) is 11.2. The molecule has 1 saturated heterocycles. The van der Waals surface area contributed by atoms with Crippen LogP contribution < -0.4 is 0 Å². The third-order valence-corrected chi connectivity index (χ3v) is 5.25. The maximum atomic E-state index is 2.60. The van der Waals surface area contributed by atoms with Crippen LogP contribution in [0.5, 0.6) is 0 Å². The average Bonchev–Trinajstić information content (AvgIpc) is 2.94. The lowest BCUT2D eigenvalue weighted by atomic mass is 10.1. The highest BCUT2D eigenvalue weighted by Crippen LogP contribution is 2.45. The largest absolute Gasteiger partial charge is 0.318 e. The van der Waals surface area contributed by atoms with Gasteiger partial charge in [0.1, 0.15) is 0 Å². The molecule has 1 fully saturated rings. The molecule has 2 aliphatic heterocycles. The van der Waals surface area contributed by atoms with Gasteiger partial charge in [0.25, 0.3) is 0 Å². The van der Waals surface area contributed by atoms with Crippen molar-refractivity contribution in [2.24, 2.45) is 0 Å². The van der Waals surface area contributed by atoms with Crippen molar-refractivity contribution in [1.82, 2.24) is 9.47 Å². The first kappa shape index (κ1) is 10.7. The van der Waals surface area contributed by atoms with Gasteiger partial charge in [-0.3, -0.25) is 4.90 Å². The summed E-state index contributed by atoms with van der Waals surface area (Å²) in [5.74, 6) is 0. The van der Waals surface area contributed by atoms with Crippen LogP contribution in [0.4, 0.5) is 0 Å². The highest BCUT2D eigenvalue weighted by atomic mass is 32.2. The van der Waals surface area contributed by atoms with E-state index in [9.17, 15) is 0 Å². The van der Waals surface area contributed by atoms with Gasteiger partial charge in [0, 0.05) is 30.2 Å². The highest BCUT2D eigenvalue weighted by Gasteiger charge is 2.35. The van der Waals surface area contributed by atoms with E-state index in [0.717, 1.165) is 11.8 Å². The second-order valence-corrected chi connectivity index (χ2v) is 6.68. The number of nitrogens with zero attached hydrogens (tertiary/aromatic N) is 2. The molecular weight excluding hydrogens is 240 g/mol. The Bertz CT molecular complexity index is 590. The molecule has 0 amide bonds. The zero-order chi connectivity index (χ0) is 12.1. The lowest BCUT2D eigenvalue weighted by Crippen LogP contribution is -2.22. The van der Waals surface area contributed by atoms with Gasteiger partial charge in [-0.15, -0.1) is 11.8 Å². The van der Waals surface area contributed by atoms with E-state index < -0.39 is 0 Å². The highest BCUT2D eigenvalue weighted by molar-refractivity contribution is 8.00. The molecule has 2 aromatic rings. The molecule has 2 aliphatic rings. The van der Waals surface area contributed by atoms with Crippen LogP contribution in [-0.4, -0.2) is 21.3 Å². The Morgan fingerprint density at radius 3 is 3.00 bits per heavy atom. The second-order valence-electron chi connectivity index (χ2n) is 5.16. The summed E-state index contributed by atoms with van der Waals surface area (Å²) in [6, 6.07) is 13.2. The van der Waals surface area contributed by atoms with E-state index in [1.165, 1.54) is 23.5 Å². The van der Waals surface area contributed by atoms with Crippen LogP contribution in [0.1, 0.15) is 23.6 Å². The summed E-state index contributed by atoms with van der Waals surface area (Å²) in [5.41, 5.74) is 4.21. The molecule has 18 heavy (non-hydrogen) atoms. The van der Waals surface area contributed by atoms with Crippen molar-refractivity contribution < 1.29 is 0 Å². The van der Waals surface area contributed by atoms with Crippen LogP contribution in [0, 0.1) is 0 Å². The molecule has 1 aromatic carbocycles. The minimum Gasteiger partial charge on any atom is -0.318 e. The molecule has 2 nitrogen and oxygen atoms in total. The number of aromatic nitrogens is 1. The number of benzene rings is 1. The Morgan fingerprint density at radius 1 is 1.17 bits per heavy atom. The van der Waals surface area contributed by atoms with Crippen molar-refractivity contribution in [3.8, 4) is 5.69 Å². The summed E-state index contributed by atoms with van der Waals surface area (Å²) in [6.45, 7) is 4.59. The fourth-order valence-corrected chi connectivity index (χ4v) is 4.47. The van der Waals surface area contributed by atoms with E-state index in [1.54, 1.807) is 0 Å². The van der Waals surface area contributed by atoms with Crippen LogP contribution in [0.15, 0.2) is 42.6 Å². The van der Waals surface area contributed by atoms with Gasteiger partial charge in [0.15, 0.2) is 0 Å². The molecule has 4 rings (SSSR count). The lowest BCUT2D eigenvalue weighted by Gasteiger charge is -2.20. The molecular formula is C15H16N2S. The van der Waals surface area contributed by atoms with Crippen LogP contribution in [0.3, 0.4) is 0 Å². The van der Waals surface area contributed by atoms with Gasteiger partial charge < -0.3 is 4.57 Å². The molecule has 0 saturated carbocycles. The van der Waals surface area contributed by atoms with Gasteiger partial charge in [0.2, 0.25) is 0 Å². The molecule has 0 bridgehead atoms. The van der Waals surface area contributed by atoms with Gasteiger partial charge in [-0.25, -0.2) is 0 Å². The summed E-state index contributed by atoms with van der Waals surface area (Å²) in [4.78, 5) is 2.60. The molecule has 2 atom stereocenters. The number of hydrogen-bond acceptors (Lipinski definition) is 2. The maximum Gasteiger partial charge on any atom is 0.0976 e. The minimum atomic E-state index is 0.516. The Morgan fingerprint density at radius 2 is 2.06 bits per heavy atom. The predicted octanol–water partition coefficient (Wildman–Crippen LogP) is 3.43. The molecule has 0 aliphatic carbocycles. The Balaban J connectivity index is 1.93. The van der Waals surface area contributed by atoms with Crippen molar-refractivity contribution >= 4 is 11.8 Å². The summed E-state index contributed by atoms with van der Waals surface area (Å²) >= 11 is 2.09. The Hall–Kier alpha value is -1.19. The molecule has 0 spiro atoms. The third-order valence-electron chi connectivity index (χ3n) is 3.84. The van der Waals surface area contributed by atoms with E-state index in [4.69, 9.17) is 0 Å². The molecule has 3 heteroatoms. The first-order valence-corrected chi connectivity index (χ1v) is 7.42. The second kappa shape index (κ2) is 3.90. The predicted molar refractivity (Wildman–Crippen MR) is 76.0 cm³/mol. The van der Waals surface area contributed by atoms with Crippen molar-refractivity contribution in [3.05, 3.63) is 53.9 Å². The SMILES string of the molecule is CC1CN2Cc3ccccc3-n3cccc3C2S1. The first-order valence-electron chi connectivity index (χ1n) is 6.48. The summed E-state index contributed by atoms with van der Waals surface area (Å²) < 4.78 is 2.37. The van der Waals surface area contributed by atoms with Crippen LogP contribution >= 0.6 is 11.8 Å². The van der Waals surface area contributed by atoms with Gasteiger partial charge in [-0.1, -0.05) is 25.1 Å². The van der Waals surface area contributed by atoms with Gasteiger partial charge in [-0.05, 0) is 23.8 Å². The van der Waals surface area contributed by atoms with Crippen molar-refractivity contribution in [3.63, 3.8) is 0 Å². The van der Waals surface area contributed by atoms with Gasteiger partial charge in [-0.2, -0.15) is 0 Å². The van der Waals surface area contributed by atoms with E-state index in [2.05, 4.69) is 70.7 Å². The molecule has 2 unspecified atom stereocenters. The Labute approximate surface area is 112 Å². The van der Waals surface area contributed by atoms with Crippen LogP contribution in [0.2, 0.25) is 0 Å². The topological polar surface area (TPSA) is 8.17 Å². The van der Waals surface area contributed by atoms with E-state index in [1.807, 2.05) is 0 Å². The van der Waals surface area contributed by atoms with Crippen molar-refractivity contribution in [1.29, 1.82) is 0 Å². The number of thioether (sulfide) groups is 1. The lowest BCUT2D eigenvalue weighted by molar-refractivity contribution is 0.273. The normalized spacial score (nSPS) is 26.3.